The summed E-state index contributed by atoms with van der Waals surface area (Å²) in [5.74, 6) is 0.321. The minimum atomic E-state index is -0.672. The van der Waals surface area contributed by atoms with Crippen LogP contribution in [0.15, 0.2) is 9.98 Å². The molecule has 0 aromatic heterocycles. The van der Waals surface area contributed by atoms with Crippen LogP contribution in [0.5, 0.6) is 0 Å². The van der Waals surface area contributed by atoms with E-state index in [0.717, 1.165) is 12.8 Å². The van der Waals surface area contributed by atoms with Crippen molar-refractivity contribution in [1.82, 2.24) is 0 Å². The number of hydrogen-bond acceptors (Lipinski definition) is 4. The van der Waals surface area contributed by atoms with Crippen molar-refractivity contribution in [2.24, 2.45) is 21.3 Å². The van der Waals surface area contributed by atoms with E-state index in [1.165, 1.54) is 12.2 Å². The average Bonchev–Trinajstić information content (AvgIpc) is 2.18. The van der Waals surface area contributed by atoms with Crippen LogP contribution >= 0.6 is 0 Å². The lowest BCUT2D eigenvalue weighted by atomic mass is 9.75. The van der Waals surface area contributed by atoms with Gasteiger partial charge in [0.25, 0.3) is 0 Å². The molecule has 0 aromatic rings. The molecular weight excluding hydrogens is 192 g/mol. The lowest BCUT2D eigenvalue weighted by Crippen LogP contribution is -2.33. The lowest BCUT2D eigenvalue weighted by molar-refractivity contribution is 0.174. The molecule has 15 heavy (non-hydrogen) atoms. The third-order valence-electron chi connectivity index (χ3n) is 3.01. The van der Waals surface area contributed by atoms with Crippen LogP contribution in [-0.4, -0.2) is 18.3 Å². The third kappa shape index (κ3) is 3.78. The van der Waals surface area contributed by atoms with Gasteiger partial charge in [-0.1, -0.05) is 40.5 Å². The van der Waals surface area contributed by atoms with E-state index in [1.807, 2.05) is 13.8 Å². The number of aliphatic imine (C=N–C) groups is 2. The summed E-state index contributed by atoms with van der Waals surface area (Å²) in [6, 6.07) is 0. The van der Waals surface area contributed by atoms with E-state index in [1.54, 1.807) is 0 Å². The van der Waals surface area contributed by atoms with Gasteiger partial charge in [-0.3, -0.25) is 0 Å². The van der Waals surface area contributed by atoms with Crippen LogP contribution in [0.1, 0.15) is 40.5 Å². The average molecular weight is 210 g/mol. The Morgan fingerprint density at radius 1 is 1.20 bits per heavy atom. The molecule has 0 aliphatic rings. The first-order chi connectivity index (χ1) is 7.00. The largest absolute Gasteiger partial charge is 0.237 e. The molecule has 0 fully saturated rings. The quantitative estimate of drug-likeness (QED) is 0.499. The van der Waals surface area contributed by atoms with E-state index in [4.69, 9.17) is 0 Å². The van der Waals surface area contributed by atoms with Crippen LogP contribution in [0.2, 0.25) is 0 Å². The van der Waals surface area contributed by atoms with Crippen molar-refractivity contribution in [1.29, 1.82) is 0 Å². The fourth-order valence-corrected chi connectivity index (χ4v) is 1.52. The van der Waals surface area contributed by atoms with Gasteiger partial charge < -0.3 is 0 Å². The first-order valence-corrected chi connectivity index (χ1v) is 5.14. The maximum absolute atomic E-state index is 10.2. The molecule has 0 radical (unpaired) electrons. The zero-order valence-corrected chi connectivity index (χ0v) is 9.78. The first kappa shape index (κ1) is 13.8. The van der Waals surface area contributed by atoms with Crippen LogP contribution in [0, 0.1) is 11.3 Å². The zero-order valence-electron chi connectivity index (χ0n) is 9.78. The Morgan fingerprint density at radius 3 is 2.00 bits per heavy atom. The molecule has 0 aromatic carbocycles. The molecule has 0 saturated carbocycles. The van der Waals surface area contributed by atoms with Crippen LogP contribution in [-0.2, 0) is 9.59 Å². The van der Waals surface area contributed by atoms with Gasteiger partial charge in [0.2, 0.25) is 12.2 Å². The van der Waals surface area contributed by atoms with Gasteiger partial charge in [0.05, 0.1) is 0 Å². The minimum absolute atomic E-state index is 0.321. The molecule has 0 N–H and O–H groups in total. The van der Waals surface area contributed by atoms with E-state index >= 15 is 0 Å². The fourth-order valence-electron chi connectivity index (χ4n) is 1.52. The molecule has 0 heterocycles. The molecule has 0 bridgehead atoms. The SMILES string of the molecule is CCCC(C)C(C)(C)C(N=C=O)N=C=O. The Balaban J connectivity index is 4.91. The summed E-state index contributed by atoms with van der Waals surface area (Å²) >= 11 is 0. The Labute approximate surface area is 90.5 Å². The highest BCUT2D eigenvalue weighted by molar-refractivity contribution is 5.37. The number of isocyanates is 2. The van der Waals surface area contributed by atoms with Crippen LogP contribution in [0.4, 0.5) is 0 Å². The second-order valence-corrected chi connectivity index (χ2v) is 4.33. The molecule has 1 unspecified atom stereocenters. The van der Waals surface area contributed by atoms with E-state index < -0.39 is 6.17 Å². The van der Waals surface area contributed by atoms with Gasteiger partial charge in [0, 0.05) is 5.41 Å². The lowest BCUT2D eigenvalue weighted by Gasteiger charge is -2.33. The van der Waals surface area contributed by atoms with Crippen molar-refractivity contribution in [3.63, 3.8) is 0 Å². The summed E-state index contributed by atoms with van der Waals surface area (Å²) < 4.78 is 0. The Kier molecular flexibility index (Phi) is 5.76. The van der Waals surface area contributed by atoms with Gasteiger partial charge in [0.15, 0.2) is 6.17 Å². The van der Waals surface area contributed by atoms with E-state index in [0.29, 0.717) is 5.92 Å². The van der Waals surface area contributed by atoms with E-state index in [2.05, 4.69) is 23.8 Å². The summed E-state index contributed by atoms with van der Waals surface area (Å²) in [7, 11) is 0. The summed E-state index contributed by atoms with van der Waals surface area (Å²) in [4.78, 5) is 27.6. The Morgan fingerprint density at radius 2 is 1.67 bits per heavy atom. The molecule has 84 valence electrons. The minimum Gasteiger partial charge on any atom is -0.211 e. The summed E-state index contributed by atoms with van der Waals surface area (Å²) in [6.07, 6.45) is 4.30. The number of carbonyl (C=O) groups excluding carboxylic acids is 2. The molecule has 0 saturated heterocycles. The van der Waals surface area contributed by atoms with Crippen molar-refractivity contribution >= 4 is 12.2 Å². The maximum atomic E-state index is 10.2. The second kappa shape index (κ2) is 6.28. The van der Waals surface area contributed by atoms with Gasteiger partial charge in [0.1, 0.15) is 0 Å². The molecule has 0 rings (SSSR count). The van der Waals surface area contributed by atoms with Gasteiger partial charge >= 0.3 is 0 Å². The van der Waals surface area contributed by atoms with Gasteiger partial charge in [-0.25, -0.2) is 9.59 Å². The first-order valence-electron chi connectivity index (χ1n) is 5.14. The topological polar surface area (TPSA) is 58.9 Å². The Bertz CT molecular complexity index is 269. The number of hydrogen-bond donors (Lipinski definition) is 0. The van der Waals surface area contributed by atoms with E-state index in [-0.39, 0.29) is 5.41 Å². The zero-order chi connectivity index (χ0) is 11.9. The predicted octanol–water partition coefficient (Wildman–Crippen LogP) is 2.45. The highest BCUT2D eigenvalue weighted by Gasteiger charge is 2.34. The summed E-state index contributed by atoms with van der Waals surface area (Å²) in [5, 5.41) is 0. The second-order valence-electron chi connectivity index (χ2n) is 4.33. The summed E-state index contributed by atoms with van der Waals surface area (Å²) in [5.41, 5.74) is -0.329. The van der Waals surface area contributed by atoms with E-state index in [9.17, 15) is 9.59 Å². The molecule has 1 atom stereocenters. The Hall–Kier alpha value is -1.24. The van der Waals surface area contributed by atoms with Gasteiger partial charge in [-0.05, 0) is 5.92 Å². The van der Waals surface area contributed by atoms with Crippen molar-refractivity contribution in [3.8, 4) is 0 Å². The van der Waals surface area contributed by atoms with Gasteiger partial charge in [-0.2, -0.15) is 9.98 Å². The van der Waals surface area contributed by atoms with Gasteiger partial charge in [-0.15, -0.1) is 0 Å². The molecule has 0 amide bonds. The summed E-state index contributed by atoms with van der Waals surface area (Å²) in [6.45, 7) is 8.05. The van der Waals surface area contributed by atoms with Crippen molar-refractivity contribution < 1.29 is 9.59 Å². The highest BCUT2D eigenvalue weighted by Crippen LogP contribution is 2.35. The highest BCUT2D eigenvalue weighted by atomic mass is 16.1. The van der Waals surface area contributed by atoms with Crippen LogP contribution in [0.3, 0.4) is 0 Å². The molecule has 0 aliphatic heterocycles. The smallest absolute Gasteiger partial charge is 0.211 e. The molecular formula is C11H18N2O2. The maximum Gasteiger partial charge on any atom is 0.237 e. The van der Waals surface area contributed by atoms with Crippen molar-refractivity contribution in [3.05, 3.63) is 0 Å². The molecule has 4 heteroatoms. The van der Waals surface area contributed by atoms with Crippen molar-refractivity contribution in [2.45, 2.75) is 46.7 Å². The standard InChI is InChI=1S/C11H18N2O2/c1-5-6-9(2)11(3,4)10(12-7-14)13-8-15/h9-10H,5-6H2,1-4H3. The molecule has 0 aliphatic carbocycles. The van der Waals surface area contributed by atoms with Crippen LogP contribution < -0.4 is 0 Å². The molecule has 4 nitrogen and oxygen atoms in total. The predicted molar refractivity (Wildman–Crippen MR) is 57.9 cm³/mol. The number of nitrogens with zero attached hydrogens (tertiary/aromatic N) is 2. The van der Waals surface area contributed by atoms with Crippen molar-refractivity contribution in [2.75, 3.05) is 0 Å². The third-order valence-corrected chi connectivity index (χ3v) is 3.01. The number of rotatable bonds is 6. The molecule has 0 spiro atoms. The fraction of sp³-hybridized carbons (Fsp3) is 0.818. The van der Waals surface area contributed by atoms with Crippen LogP contribution in [0.25, 0.3) is 0 Å². The monoisotopic (exact) mass is 210 g/mol. The normalized spacial score (nSPS) is 14.7.